The third-order valence-corrected chi connectivity index (χ3v) is 5.06. The van der Waals surface area contributed by atoms with Crippen molar-refractivity contribution < 1.29 is 0 Å². The Bertz CT molecular complexity index is 430. The van der Waals surface area contributed by atoms with Gasteiger partial charge >= 0.3 is 0 Å². The molecule has 0 saturated heterocycles. The van der Waals surface area contributed by atoms with Gasteiger partial charge in [0.2, 0.25) is 0 Å². The number of fused-ring (bicyclic) bond motifs is 2. The van der Waals surface area contributed by atoms with E-state index >= 15 is 0 Å². The summed E-state index contributed by atoms with van der Waals surface area (Å²) in [5, 5.41) is 3.54. The van der Waals surface area contributed by atoms with Crippen molar-refractivity contribution in [2.45, 2.75) is 51.9 Å². The van der Waals surface area contributed by atoms with Gasteiger partial charge in [0.1, 0.15) is 5.82 Å². The van der Waals surface area contributed by atoms with E-state index in [9.17, 15) is 0 Å². The van der Waals surface area contributed by atoms with Crippen molar-refractivity contribution in [3.8, 4) is 0 Å². The Kier molecular flexibility index (Phi) is 3.28. The quantitative estimate of drug-likeness (QED) is 0.877. The summed E-state index contributed by atoms with van der Waals surface area (Å²) in [5.41, 5.74) is 1.49. The molecule has 2 heteroatoms. The standard InChI is InChI=1S/C17H26N2/c1-17(2,3)15-6-7-16(19-11-15)18-10-14-9-12-4-5-13(14)8-12/h6-7,11-14H,4-5,8-10H2,1-3H3,(H,18,19). The normalized spacial score (nSPS) is 29.7. The molecule has 3 rings (SSSR count). The molecule has 1 heterocycles. The summed E-state index contributed by atoms with van der Waals surface area (Å²) in [6.07, 6.45) is 7.90. The molecular weight excluding hydrogens is 232 g/mol. The molecule has 0 spiro atoms. The SMILES string of the molecule is CC(C)(C)c1ccc(NCC2CC3CCC2C3)nc1. The molecule has 0 amide bonds. The molecule has 2 saturated carbocycles. The van der Waals surface area contributed by atoms with E-state index in [0.29, 0.717) is 0 Å². The van der Waals surface area contributed by atoms with E-state index in [1.165, 1.54) is 31.2 Å². The average Bonchev–Trinajstić information content (AvgIpc) is 2.98. The number of aromatic nitrogens is 1. The van der Waals surface area contributed by atoms with Gasteiger partial charge in [-0.3, -0.25) is 0 Å². The summed E-state index contributed by atoms with van der Waals surface area (Å²) < 4.78 is 0. The van der Waals surface area contributed by atoms with Crippen LogP contribution in [0.5, 0.6) is 0 Å². The van der Waals surface area contributed by atoms with E-state index in [4.69, 9.17) is 0 Å². The second-order valence-electron chi connectivity index (χ2n) is 7.50. The van der Waals surface area contributed by atoms with Gasteiger partial charge in [-0.05, 0) is 54.1 Å². The Balaban J connectivity index is 1.56. The molecule has 3 atom stereocenters. The van der Waals surface area contributed by atoms with Gasteiger partial charge < -0.3 is 5.32 Å². The lowest BCUT2D eigenvalue weighted by Crippen LogP contribution is -2.20. The van der Waals surface area contributed by atoms with Crippen LogP contribution in [0.3, 0.4) is 0 Å². The molecule has 1 aromatic rings. The predicted molar refractivity (Wildman–Crippen MR) is 80.4 cm³/mol. The summed E-state index contributed by atoms with van der Waals surface area (Å²) in [5.74, 6) is 3.96. The minimum Gasteiger partial charge on any atom is -0.370 e. The summed E-state index contributed by atoms with van der Waals surface area (Å²) in [7, 11) is 0. The fraction of sp³-hybridized carbons (Fsp3) is 0.706. The number of anilines is 1. The zero-order chi connectivity index (χ0) is 13.5. The van der Waals surface area contributed by atoms with E-state index in [1.807, 2.05) is 6.20 Å². The van der Waals surface area contributed by atoms with Crippen LogP contribution in [0.25, 0.3) is 0 Å². The average molecular weight is 258 g/mol. The van der Waals surface area contributed by atoms with E-state index in [0.717, 1.165) is 30.1 Å². The van der Waals surface area contributed by atoms with E-state index < -0.39 is 0 Å². The Morgan fingerprint density at radius 1 is 1.21 bits per heavy atom. The highest BCUT2D eigenvalue weighted by Gasteiger charge is 2.39. The van der Waals surface area contributed by atoms with Gasteiger partial charge in [-0.2, -0.15) is 0 Å². The van der Waals surface area contributed by atoms with Crippen molar-refractivity contribution in [3.63, 3.8) is 0 Å². The van der Waals surface area contributed by atoms with Crippen molar-refractivity contribution in [1.29, 1.82) is 0 Å². The number of nitrogens with zero attached hydrogens (tertiary/aromatic N) is 1. The topological polar surface area (TPSA) is 24.9 Å². The lowest BCUT2D eigenvalue weighted by atomic mass is 9.88. The zero-order valence-electron chi connectivity index (χ0n) is 12.4. The first kappa shape index (κ1) is 13.0. The van der Waals surface area contributed by atoms with Crippen LogP contribution in [-0.4, -0.2) is 11.5 Å². The van der Waals surface area contributed by atoms with Crippen LogP contribution in [-0.2, 0) is 5.41 Å². The van der Waals surface area contributed by atoms with E-state index in [2.05, 4.69) is 43.2 Å². The number of hydrogen-bond donors (Lipinski definition) is 1. The summed E-state index contributed by atoms with van der Waals surface area (Å²) in [6, 6.07) is 4.34. The third-order valence-electron chi connectivity index (χ3n) is 5.06. The Morgan fingerprint density at radius 3 is 2.58 bits per heavy atom. The highest BCUT2D eigenvalue weighted by molar-refractivity contribution is 5.37. The van der Waals surface area contributed by atoms with Crippen molar-refractivity contribution in [1.82, 2.24) is 4.98 Å². The second kappa shape index (κ2) is 4.81. The Labute approximate surface area is 117 Å². The first-order valence-electron chi connectivity index (χ1n) is 7.73. The van der Waals surface area contributed by atoms with Crippen LogP contribution < -0.4 is 5.32 Å². The zero-order valence-corrected chi connectivity index (χ0v) is 12.4. The molecule has 0 radical (unpaired) electrons. The first-order valence-corrected chi connectivity index (χ1v) is 7.73. The maximum absolute atomic E-state index is 4.56. The van der Waals surface area contributed by atoms with Crippen molar-refractivity contribution >= 4 is 5.82 Å². The van der Waals surface area contributed by atoms with Crippen LogP contribution in [0.4, 0.5) is 5.82 Å². The molecule has 2 fully saturated rings. The van der Waals surface area contributed by atoms with E-state index in [-0.39, 0.29) is 5.41 Å². The molecule has 104 valence electrons. The van der Waals surface area contributed by atoms with Gasteiger partial charge in [-0.15, -0.1) is 0 Å². The van der Waals surface area contributed by atoms with Crippen molar-refractivity contribution in [2.24, 2.45) is 17.8 Å². The smallest absolute Gasteiger partial charge is 0.125 e. The lowest BCUT2D eigenvalue weighted by Gasteiger charge is -2.22. The fourth-order valence-electron chi connectivity index (χ4n) is 3.80. The second-order valence-corrected chi connectivity index (χ2v) is 7.50. The highest BCUT2D eigenvalue weighted by atomic mass is 15.0. The number of nitrogens with one attached hydrogen (secondary N) is 1. The fourth-order valence-corrected chi connectivity index (χ4v) is 3.80. The molecule has 2 bridgehead atoms. The summed E-state index contributed by atoms with van der Waals surface area (Å²) in [4.78, 5) is 4.56. The van der Waals surface area contributed by atoms with Gasteiger partial charge in [0, 0.05) is 12.7 Å². The largest absolute Gasteiger partial charge is 0.370 e. The molecule has 3 unspecified atom stereocenters. The maximum Gasteiger partial charge on any atom is 0.125 e. The Morgan fingerprint density at radius 2 is 2.05 bits per heavy atom. The highest BCUT2D eigenvalue weighted by Crippen LogP contribution is 2.48. The summed E-state index contributed by atoms with van der Waals surface area (Å²) >= 11 is 0. The molecule has 0 aromatic carbocycles. The van der Waals surface area contributed by atoms with Crippen molar-refractivity contribution in [2.75, 3.05) is 11.9 Å². The Hall–Kier alpha value is -1.05. The molecule has 0 aliphatic heterocycles. The predicted octanol–water partition coefficient (Wildman–Crippen LogP) is 4.23. The molecule has 2 aliphatic rings. The minimum absolute atomic E-state index is 0.191. The number of pyridine rings is 1. The van der Waals surface area contributed by atoms with E-state index in [1.54, 1.807) is 0 Å². The van der Waals surface area contributed by atoms with Gasteiger partial charge in [-0.1, -0.05) is 33.3 Å². The molecule has 19 heavy (non-hydrogen) atoms. The molecule has 1 aromatic heterocycles. The summed E-state index contributed by atoms with van der Waals surface area (Å²) in [6.45, 7) is 7.80. The lowest BCUT2D eigenvalue weighted by molar-refractivity contribution is 0.348. The van der Waals surface area contributed by atoms with Crippen LogP contribution in [0.15, 0.2) is 18.3 Å². The molecule has 2 aliphatic carbocycles. The molecular formula is C17H26N2. The molecule has 2 nitrogen and oxygen atoms in total. The minimum atomic E-state index is 0.191. The van der Waals surface area contributed by atoms with Crippen LogP contribution in [0.1, 0.15) is 52.0 Å². The van der Waals surface area contributed by atoms with Crippen LogP contribution in [0.2, 0.25) is 0 Å². The molecule has 1 N–H and O–H groups in total. The monoisotopic (exact) mass is 258 g/mol. The first-order chi connectivity index (χ1) is 9.02. The van der Waals surface area contributed by atoms with Gasteiger partial charge in [-0.25, -0.2) is 4.98 Å². The van der Waals surface area contributed by atoms with Crippen LogP contribution in [0, 0.1) is 17.8 Å². The maximum atomic E-state index is 4.56. The van der Waals surface area contributed by atoms with Gasteiger partial charge in [0.25, 0.3) is 0 Å². The van der Waals surface area contributed by atoms with Gasteiger partial charge in [0.15, 0.2) is 0 Å². The number of hydrogen-bond acceptors (Lipinski definition) is 2. The third kappa shape index (κ3) is 2.77. The van der Waals surface area contributed by atoms with Crippen LogP contribution >= 0.6 is 0 Å². The number of rotatable bonds is 3. The van der Waals surface area contributed by atoms with Gasteiger partial charge in [0.05, 0.1) is 0 Å². The van der Waals surface area contributed by atoms with Crippen molar-refractivity contribution in [3.05, 3.63) is 23.9 Å².